The minimum Gasteiger partial charge on any atom is -0.494 e. The van der Waals surface area contributed by atoms with Gasteiger partial charge in [-0.3, -0.25) is 4.57 Å². The largest absolute Gasteiger partial charge is 0.494 e. The molecule has 3 heterocycles. The predicted octanol–water partition coefficient (Wildman–Crippen LogP) is 3.89. The third-order valence-electron chi connectivity index (χ3n) is 5.96. The Bertz CT molecular complexity index is 1440. The lowest BCUT2D eigenvalue weighted by atomic mass is 10.1. The minimum atomic E-state index is -3.81. The van der Waals surface area contributed by atoms with E-state index in [1.165, 1.54) is 14.2 Å². The highest BCUT2D eigenvalue weighted by Crippen LogP contribution is 2.37. The molecular weight excluding hydrogens is 489 g/mol. The van der Waals surface area contributed by atoms with E-state index < -0.39 is 32.6 Å². The Kier molecular flexibility index (Phi) is 7.07. The summed E-state index contributed by atoms with van der Waals surface area (Å²) in [5, 5.41) is 7.58. The molecule has 0 radical (unpaired) electrons. The van der Waals surface area contributed by atoms with Gasteiger partial charge in [0.1, 0.15) is 34.5 Å². The number of sulfone groups is 1. The number of hydrogen-bond acceptors (Lipinski definition) is 9. The molecule has 2 atom stereocenters. The molecule has 0 N–H and O–H groups in total. The number of aromatic nitrogens is 5. The fraction of sp³-hybridized carbons (Fsp3) is 0.333. The van der Waals surface area contributed by atoms with Crippen LogP contribution in [0.15, 0.2) is 47.1 Å². The SMILES string of the molecule is COc1cccc(OC)c1-n1c(CS(=O)(=O)[C@@H](C)[C@H](C)c2ncc(F)cn2)nnc1-c1ccc(C)o1. The van der Waals surface area contributed by atoms with Crippen LogP contribution in [0.4, 0.5) is 4.39 Å². The molecule has 3 aromatic heterocycles. The first kappa shape index (κ1) is 25.3. The maximum atomic E-state index is 13.5. The first-order chi connectivity index (χ1) is 17.2. The van der Waals surface area contributed by atoms with Crippen LogP contribution in [0.1, 0.15) is 37.2 Å². The number of methoxy groups -OCH3 is 2. The molecule has 0 fully saturated rings. The van der Waals surface area contributed by atoms with Crippen LogP contribution in [0.5, 0.6) is 11.5 Å². The lowest BCUT2D eigenvalue weighted by molar-refractivity contribution is 0.390. The molecule has 0 aliphatic rings. The molecule has 190 valence electrons. The molecule has 0 aliphatic carbocycles. The van der Waals surface area contributed by atoms with Crippen molar-refractivity contribution < 1.29 is 26.7 Å². The van der Waals surface area contributed by atoms with Crippen LogP contribution in [0, 0.1) is 12.7 Å². The summed E-state index contributed by atoms with van der Waals surface area (Å²) in [4.78, 5) is 7.89. The third kappa shape index (κ3) is 4.81. The molecule has 0 unspecified atom stereocenters. The second kappa shape index (κ2) is 10.1. The number of para-hydroxylation sites is 1. The highest BCUT2D eigenvalue weighted by Gasteiger charge is 2.33. The maximum absolute atomic E-state index is 13.5. The van der Waals surface area contributed by atoms with Gasteiger partial charge in [0.05, 0.1) is 31.9 Å². The molecule has 10 nitrogen and oxygen atoms in total. The van der Waals surface area contributed by atoms with Crippen molar-refractivity contribution >= 4 is 9.84 Å². The summed E-state index contributed by atoms with van der Waals surface area (Å²) >= 11 is 0. The van der Waals surface area contributed by atoms with Crippen molar-refractivity contribution in [2.45, 2.75) is 37.7 Å². The summed E-state index contributed by atoms with van der Waals surface area (Å²) < 4.78 is 58.8. The van der Waals surface area contributed by atoms with Gasteiger partial charge in [0.2, 0.25) is 5.82 Å². The van der Waals surface area contributed by atoms with Crippen LogP contribution in [0.25, 0.3) is 17.3 Å². The van der Waals surface area contributed by atoms with E-state index in [-0.39, 0.29) is 11.6 Å². The first-order valence-corrected chi connectivity index (χ1v) is 12.8. The molecule has 0 spiro atoms. The fourth-order valence-corrected chi connectivity index (χ4v) is 5.35. The quantitative estimate of drug-likeness (QED) is 0.327. The number of benzene rings is 1. The van der Waals surface area contributed by atoms with Crippen molar-refractivity contribution in [2.24, 2.45) is 0 Å². The van der Waals surface area contributed by atoms with Gasteiger partial charge in [0.25, 0.3) is 0 Å². The van der Waals surface area contributed by atoms with Gasteiger partial charge in [-0.15, -0.1) is 10.2 Å². The van der Waals surface area contributed by atoms with Gasteiger partial charge >= 0.3 is 0 Å². The molecular formula is C24H26FN5O5S. The van der Waals surface area contributed by atoms with Crippen LogP contribution >= 0.6 is 0 Å². The van der Waals surface area contributed by atoms with E-state index in [2.05, 4.69) is 20.2 Å². The van der Waals surface area contributed by atoms with Crippen LogP contribution in [-0.2, 0) is 15.6 Å². The Morgan fingerprint density at radius 1 is 1.03 bits per heavy atom. The fourth-order valence-electron chi connectivity index (χ4n) is 3.80. The number of furan rings is 1. The Labute approximate surface area is 208 Å². The van der Waals surface area contributed by atoms with E-state index in [1.807, 2.05) is 0 Å². The molecule has 1 aromatic carbocycles. The number of rotatable bonds is 9. The van der Waals surface area contributed by atoms with E-state index in [0.29, 0.717) is 34.5 Å². The van der Waals surface area contributed by atoms with Crippen molar-refractivity contribution in [3.05, 3.63) is 66.0 Å². The minimum absolute atomic E-state index is 0.140. The van der Waals surface area contributed by atoms with E-state index in [4.69, 9.17) is 13.9 Å². The van der Waals surface area contributed by atoms with Gasteiger partial charge in [-0.2, -0.15) is 0 Å². The molecule has 12 heteroatoms. The van der Waals surface area contributed by atoms with Gasteiger partial charge in [0, 0.05) is 5.92 Å². The molecule has 4 rings (SSSR count). The van der Waals surface area contributed by atoms with Gasteiger partial charge < -0.3 is 13.9 Å². The second-order valence-corrected chi connectivity index (χ2v) is 10.6. The zero-order chi connectivity index (χ0) is 26.0. The first-order valence-electron chi connectivity index (χ1n) is 11.1. The van der Waals surface area contributed by atoms with Gasteiger partial charge in [0.15, 0.2) is 27.2 Å². The Morgan fingerprint density at radius 3 is 2.22 bits per heavy atom. The topological polar surface area (TPSA) is 122 Å². The molecule has 0 amide bonds. The Balaban J connectivity index is 1.81. The average molecular weight is 516 g/mol. The highest BCUT2D eigenvalue weighted by molar-refractivity contribution is 7.91. The van der Waals surface area contributed by atoms with Crippen molar-refractivity contribution in [3.8, 4) is 28.8 Å². The third-order valence-corrected chi connectivity index (χ3v) is 8.17. The van der Waals surface area contributed by atoms with Crippen molar-refractivity contribution in [3.63, 3.8) is 0 Å². The number of ether oxygens (including phenoxy) is 2. The molecule has 0 aliphatic heterocycles. The van der Waals surface area contributed by atoms with E-state index in [0.717, 1.165) is 12.4 Å². The summed E-state index contributed by atoms with van der Waals surface area (Å²) in [7, 11) is -0.809. The highest BCUT2D eigenvalue weighted by atomic mass is 32.2. The van der Waals surface area contributed by atoms with Gasteiger partial charge in [-0.1, -0.05) is 13.0 Å². The molecule has 0 saturated carbocycles. The van der Waals surface area contributed by atoms with E-state index >= 15 is 0 Å². The Morgan fingerprint density at radius 2 is 1.67 bits per heavy atom. The van der Waals surface area contributed by atoms with Crippen LogP contribution < -0.4 is 9.47 Å². The standard InChI is InChI=1S/C24H26FN5O5S/c1-14-9-10-20(35-14)24-29-28-21(30(24)22-18(33-4)7-6-8-19(22)34-5)13-36(31,32)16(3)15(2)23-26-11-17(25)12-27-23/h6-12,15-16H,13H2,1-5H3/t15-,16-/m0/s1. The number of halogens is 1. The lowest BCUT2D eigenvalue weighted by Gasteiger charge is -2.20. The van der Waals surface area contributed by atoms with Crippen molar-refractivity contribution in [2.75, 3.05) is 14.2 Å². The number of nitrogens with zero attached hydrogens (tertiary/aromatic N) is 5. The second-order valence-electron chi connectivity index (χ2n) is 8.26. The molecule has 0 saturated heterocycles. The smallest absolute Gasteiger partial charge is 0.204 e. The average Bonchev–Trinajstić information content (AvgIpc) is 3.48. The zero-order valence-corrected chi connectivity index (χ0v) is 21.3. The molecule has 4 aromatic rings. The van der Waals surface area contributed by atoms with Crippen molar-refractivity contribution in [1.29, 1.82) is 0 Å². The van der Waals surface area contributed by atoms with E-state index in [9.17, 15) is 12.8 Å². The summed E-state index contributed by atoms with van der Waals surface area (Å²) in [6, 6.07) is 8.71. The van der Waals surface area contributed by atoms with Gasteiger partial charge in [-0.25, -0.2) is 22.8 Å². The zero-order valence-electron chi connectivity index (χ0n) is 20.5. The predicted molar refractivity (Wildman–Crippen MR) is 129 cm³/mol. The van der Waals surface area contributed by atoms with Crippen LogP contribution in [0.3, 0.4) is 0 Å². The summed E-state index contributed by atoms with van der Waals surface area (Å²) in [6.07, 6.45) is 2.03. The van der Waals surface area contributed by atoms with Crippen LogP contribution in [0.2, 0.25) is 0 Å². The van der Waals surface area contributed by atoms with E-state index in [1.54, 1.807) is 55.7 Å². The number of aryl methyl sites for hydroxylation is 1. The molecule has 36 heavy (non-hydrogen) atoms. The summed E-state index contributed by atoms with van der Waals surface area (Å²) in [5.41, 5.74) is 0.435. The Hall–Kier alpha value is -3.80. The van der Waals surface area contributed by atoms with Crippen molar-refractivity contribution in [1.82, 2.24) is 24.7 Å². The maximum Gasteiger partial charge on any atom is 0.204 e. The van der Waals surface area contributed by atoms with Crippen LogP contribution in [-0.4, -0.2) is 52.6 Å². The monoisotopic (exact) mass is 515 g/mol. The summed E-state index contributed by atoms with van der Waals surface area (Å²) in [6.45, 7) is 5.04. The molecule has 0 bridgehead atoms. The normalized spacial score (nSPS) is 13.4. The summed E-state index contributed by atoms with van der Waals surface area (Å²) in [5.74, 6) is 0.929. The van der Waals surface area contributed by atoms with Gasteiger partial charge in [-0.05, 0) is 38.1 Å². The number of hydrogen-bond donors (Lipinski definition) is 0. The lowest BCUT2D eigenvalue weighted by Crippen LogP contribution is -2.27.